The normalized spacial score (nSPS) is 31.1. The predicted molar refractivity (Wildman–Crippen MR) is 128 cm³/mol. The number of likely N-dealkylation sites (tertiary alicyclic amines) is 1. The highest BCUT2D eigenvalue weighted by atomic mass is 16.6. The molecule has 1 saturated carbocycles. The Morgan fingerprint density at radius 1 is 1.29 bits per heavy atom. The first-order chi connectivity index (χ1) is 16.2. The maximum absolute atomic E-state index is 13.1. The van der Waals surface area contributed by atoms with Crippen LogP contribution in [0.5, 0.6) is 5.75 Å². The zero-order chi connectivity index (χ0) is 24.5. The van der Waals surface area contributed by atoms with E-state index in [-0.39, 0.29) is 18.6 Å². The number of rotatable bonds is 6. The molecule has 0 N–H and O–H groups in total. The zero-order valence-electron chi connectivity index (χ0n) is 21.3. The molecule has 0 bridgehead atoms. The molecule has 2 aliphatic heterocycles. The second kappa shape index (κ2) is 10.2. The number of nitrogens with zero attached hydrogens (tertiary/aromatic N) is 2. The molecule has 1 amide bonds. The van der Waals surface area contributed by atoms with Crippen LogP contribution in [0.25, 0.3) is 0 Å². The summed E-state index contributed by atoms with van der Waals surface area (Å²) in [6.07, 6.45) is 8.45. The van der Waals surface area contributed by atoms with Crippen LogP contribution in [0.2, 0.25) is 0 Å². The van der Waals surface area contributed by atoms with Crippen molar-refractivity contribution in [2.45, 2.75) is 97.0 Å². The van der Waals surface area contributed by atoms with Crippen molar-refractivity contribution in [1.82, 2.24) is 9.88 Å². The van der Waals surface area contributed by atoms with E-state index in [0.717, 1.165) is 31.2 Å². The minimum absolute atomic E-state index is 0.0660. The summed E-state index contributed by atoms with van der Waals surface area (Å²) < 4.78 is 18.5. The van der Waals surface area contributed by atoms with E-state index < -0.39 is 23.7 Å². The molecule has 0 spiro atoms. The first kappa shape index (κ1) is 25.0. The van der Waals surface area contributed by atoms with Gasteiger partial charge < -0.3 is 19.1 Å². The van der Waals surface area contributed by atoms with Gasteiger partial charge in [-0.15, -0.1) is 0 Å². The molecule has 2 fully saturated rings. The van der Waals surface area contributed by atoms with Crippen LogP contribution in [0, 0.1) is 17.8 Å². The van der Waals surface area contributed by atoms with Crippen molar-refractivity contribution < 1.29 is 23.8 Å². The molecule has 0 aromatic carbocycles. The largest absolute Gasteiger partial charge is 0.483 e. The van der Waals surface area contributed by atoms with E-state index in [0.29, 0.717) is 36.5 Å². The van der Waals surface area contributed by atoms with Crippen LogP contribution >= 0.6 is 0 Å². The minimum atomic E-state index is -0.813. The molecule has 34 heavy (non-hydrogen) atoms. The molecule has 188 valence electrons. The molecule has 7 nitrogen and oxygen atoms in total. The maximum atomic E-state index is 13.1. The Kier molecular flexibility index (Phi) is 7.51. The molecule has 3 heterocycles. The summed E-state index contributed by atoms with van der Waals surface area (Å²) in [4.78, 5) is 32.1. The number of carbonyl (C=O) groups excluding carboxylic acids is 2. The molecular weight excluding hydrogens is 432 g/mol. The summed E-state index contributed by atoms with van der Waals surface area (Å²) in [5.74, 6) is 1.91. The van der Waals surface area contributed by atoms with Gasteiger partial charge >= 0.3 is 5.97 Å². The zero-order valence-corrected chi connectivity index (χ0v) is 21.3. The van der Waals surface area contributed by atoms with E-state index in [1.54, 1.807) is 12.4 Å². The quantitative estimate of drug-likeness (QED) is 0.559. The highest BCUT2D eigenvalue weighted by Gasteiger charge is 2.50. The van der Waals surface area contributed by atoms with E-state index in [4.69, 9.17) is 14.2 Å². The average Bonchev–Trinajstić information content (AvgIpc) is 2.78. The fourth-order valence-corrected chi connectivity index (χ4v) is 5.91. The minimum Gasteiger partial charge on any atom is -0.483 e. The van der Waals surface area contributed by atoms with Crippen LogP contribution in [-0.4, -0.2) is 52.7 Å². The number of fused-ring (bicyclic) bond motifs is 1. The Hall–Kier alpha value is -2.15. The Morgan fingerprint density at radius 3 is 2.82 bits per heavy atom. The van der Waals surface area contributed by atoms with E-state index in [9.17, 15) is 9.59 Å². The maximum Gasteiger partial charge on any atom is 0.332 e. The third-order valence-corrected chi connectivity index (χ3v) is 7.80. The fraction of sp³-hybridized carbons (Fsp3) is 0.741. The van der Waals surface area contributed by atoms with Crippen molar-refractivity contribution in [2.75, 3.05) is 13.2 Å². The van der Waals surface area contributed by atoms with Gasteiger partial charge in [-0.1, -0.05) is 27.2 Å². The number of aromatic nitrogens is 1. The lowest BCUT2D eigenvalue weighted by atomic mass is 9.75. The van der Waals surface area contributed by atoms with Crippen molar-refractivity contribution in [2.24, 2.45) is 17.8 Å². The number of hydrogen-bond donors (Lipinski definition) is 0. The van der Waals surface area contributed by atoms with Crippen molar-refractivity contribution >= 4 is 11.9 Å². The van der Waals surface area contributed by atoms with E-state index in [1.165, 1.54) is 6.42 Å². The molecule has 1 saturated heterocycles. The Morgan fingerprint density at radius 2 is 2.09 bits per heavy atom. The lowest BCUT2D eigenvalue weighted by Gasteiger charge is -2.48. The van der Waals surface area contributed by atoms with Gasteiger partial charge in [0.2, 0.25) is 5.91 Å². The van der Waals surface area contributed by atoms with E-state index in [1.807, 2.05) is 24.8 Å². The second-order valence-corrected chi connectivity index (χ2v) is 11.2. The third-order valence-electron chi connectivity index (χ3n) is 7.80. The van der Waals surface area contributed by atoms with Gasteiger partial charge in [0.05, 0.1) is 6.10 Å². The highest BCUT2D eigenvalue weighted by Crippen LogP contribution is 2.45. The average molecular weight is 473 g/mol. The lowest BCUT2D eigenvalue weighted by Crippen LogP contribution is -2.57. The third kappa shape index (κ3) is 5.24. The predicted octanol–water partition coefficient (Wildman–Crippen LogP) is 4.70. The van der Waals surface area contributed by atoms with Crippen LogP contribution in [-0.2, 0) is 19.1 Å². The first-order valence-corrected chi connectivity index (χ1v) is 12.9. The summed E-state index contributed by atoms with van der Waals surface area (Å²) in [5, 5.41) is 0. The summed E-state index contributed by atoms with van der Waals surface area (Å²) in [7, 11) is 0. The molecule has 1 aromatic heterocycles. The molecule has 3 aliphatic rings. The molecule has 1 aliphatic carbocycles. The topological polar surface area (TPSA) is 78.0 Å². The molecule has 0 radical (unpaired) electrons. The summed E-state index contributed by atoms with van der Waals surface area (Å²) in [5.41, 5.74) is -0.0246. The number of piperidine rings is 1. The molecule has 5 atom stereocenters. The number of esters is 1. The van der Waals surface area contributed by atoms with Crippen LogP contribution in [0.1, 0.15) is 84.7 Å². The molecule has 1 aromatic rings. The van der Waals surface area contributed by atoms with Crippen molar-refractivity contribution in [3.63, 3.8) is 0 Å². The Balaban J connectivity index is 1.52. The lowest BCUT2D eigenvalue weighted by molar-refractivity contribution is -0.183. The van der Waals surface area contributed by atoms with Gasteiger partial charge in [0, 0.05) is 30.9 Å². The number of pyridine rings is 1. The number of hydrogen-bond acceptors (Lipinski definition) is 6. The van der Waals surface area contributed by atoms with Gasteiger partial charge in [0.25, 0.3) is 0 Å². The smallest absolute Gasteiger partial charge is 0.332 e. The molecule has 4 rings (SSSR count). The van der Waals surface area contributed by atoms with Crippen molar-refractivity contribution in [1.29, 1.82) is 0 Å². The van der Waals surface area contributed by atoms with E-state index in [2.05, 4.69) is 25.8 Å². The summed E-state index contributed by atoms with van der Waals surface area (Å²) >= 11 is 0. The van der Waals surface area contributed by atoms with Crippen LogP contribution in [0.4, 0.5) is 0 Å². The number of ether oxygens (including phenoxy) is 3. The number of amides is 1. The standard InChI is InChI=1S/C27H40N2O5/c1-17(2)19-10-9-18(3)14-22(19)32-16-24(31)33-26-25(29-13-7-6-8-23(29)30)20-15-28-12-11-21(20)34-27(26,4)5/h11-12,15,17-19,22,25-26H,6-10,13-14,16H2,1-5H3/t18-,19+,22-,25+,26-/m1/s1. The van der Waals surface area contributed by atoms with Crippen LogP contribution < -0.4 is 4.74 Å². The second-order valence-electron chi connectivity index (χ2n) is 11.2. The highest BCUT2D eigenvalue weighted by molar-refractivity contribution is 5.78. The fourth-order valence-electron chi connectivity index (χ4n) is 5.91. The molecular formula is C27H40N2O5. The summed E-state index contributed by atoms with van der Waals surface area (Å²) in [6, 6.07) is 1.39. The van der Waals surface area contributed by atoms with Gasteiger partial charge in [-0.3, -0.25) is 9.78 Å². The monoisotopic (exact) mass is 472 g/mol. The van der Waals surface area contributed by atoms with Crippen LogP contribution in [0.15, 0.2) is 18.5 Å². The van der Waals surface area contributed by atoms with Gasteiger partial charge in [-0.2, -0.15) is 0 Å². The van der Waals surface area contributed by atoms with Gasteiger partial charge in [0.1, 0.15) is 24.0 Å². The van der Waals surface area contributed by atoms with Gasteiger partial charge in [-0.05, 0) is 63.4 Å². The Labute approximate surface area is 203 Å². The summed E-state index contributed by atoms with van der Waals surface area (Å²) in [6.45, 7) is 11.1. The number of carbonyl (C=O) groups is 2. The molecule has 7 heteroatoms. The van der Waals surface area contributed by atoms with Crippen molar-refractivity contribution in [3.05, 3.63) is 24.0 Å². The SMILES string of the molecule is CC(C)[C@@H]1CC[C@@H](C)C[C@H]1OCC(=O)O[C@@H]1[C@@H](N2CCCCC2=O)c2cnccc2OC1(C)C. The first-order valence-electron chi connectivity index (χ1n) is 12.9. The van der Waals surface area contributed by atoms with E-state index >= 15 is 0 Å². The van der Waals surface area contributed by atoms with Gasteiger partial charge in [0.15, 0.2) is 6.10 Å². The van der Waals surface area contributed by atoms with Gasteiger partial charge in [-0.25, -0.2) is 4.79 Å². The Bertz CT molecular complexity index is 886. The van der Waals surface area contributed by atoms with Crippen LogP contribution in [0.3, 0.4) is 0 Å². The van der Waals surface area contributed by atoms with Crippen molar-refractivity contribution in [3.8, 4) is 5.75 Å². The molecule has 0 unspecified atom stereocenters.